The molecule has 0 aliphatic carbocycles. The first-order valence-corrected chi connectivity index (χ1v) is 4.14. The Morgan fingerprint density at radius 3 is 2.92 bits per heavy atom. The molecule has 0 spiro atoms. The van der Waals surface area contributed by atoms with Crippen molar-refractivity contribution >= 4 is 11.5 Å². The highest BCUT2D eigenvalue weighted by atomic mass is 16.6. The van der Waals surface area contributed by atoms with Crippen molar-refractivity contribution in [2.24, 2.45) is 0 Å². The summed E-state index contributed by atoms with van der Waals surface area (Å²) in [5.74, 6) is -0.0314. The predicted octanol–water partition coefficient (Wildman–Crippen LogP) is 1.24. The normalized spacial score (nSPS) is 10.2. The van der Waals surface area contributed by atoms with Crippen LogP contribution < -0.4 is 5.73 Å². The van der Waals surface area contributed by atoms with Gasteiger partial charge in [-0.3, -0.25) is 15.2 Å². The molecule has 1 heterocycles. The van der Waals surface area contributed by atoms with Crippen LogP contribution in [-0.4, -0.2) is 15.1 Å². The molecule has 3 N–H and O–H groups in total. The van der Waals surface area contributed by atoms with Gasteiger partial charge in [-0.15, -0.1) is 0 Å². The third kappa shape index (κ3) is 1.95. The molecule has 0 atom stereocenters. The molecule has 1 aromatic heterocycles. The van der Waals surface area contributed by atoms with E-state index < -0.39 is 4.92 Å². The minimum Gasteiger partial charge on any atom is -0.376 e. The first-order chi connectivity index (χ1) is 6.16. The molecule has 0 aliphatic rings. The molecule has 0 unspecified atom stereocenters. The van der Waals surface area contributed by atoms with Gasteiger partial charge in [0.25, 0.3) is 0 Å². The molecule has 6 heteroatoms. The van der Waals surface area contributed by atoms with Crippen molar-refractivity contribution in [1.29, 1.82) is 0 Å². The largest absolute Gasteiger partial charge is 0.376 e. The number of hydrogen-bond donors (Lipinski definition) is 2. The van der Waals surface area contributed by atoms with Crippen LogP contribution in [-0.2, 0) is 6.42 Å². The summed E-state index contributed by atoms with van der Waals surface area (Å²) in [5.41, 5.74) is 5.77. The highest BCUT2D eigenvalue weighted by molar-refractivity contribution is 5.55. The predicted molar refractivity (Wildman–Crippen MR) is 48.3 cm³/mol. The zero-order valence-electron chi connectivity index (χ0n) is 7.41. The lowest BCUT2D eigenvalue weighted by Crippen LogP contribution is -1.96. The van der Waals surface area contributed by atoms with Gasteiger partial charge in [0.05, 0.1) is 4.92 Å². The van der Waals surface area contributed by atoms with E-state index in [0.717, 1.165) is 12.8 Å². The van der Waals surface area contributed by atoms with Crippen LogP contribution in [0.15, 0.2) is 0 Å². The minimum absolute atomic E-state index is 0.0314. The number of nitrogens with two attached hydrogens (primary N) is 1. The van der Waals surface area contributed by atoms with Crippen LogP contribution in [0.4, 0.5) is 11.5 Å². The third-order valence-electron chi connectivity index (χ3n) is 1.80. The molecule has 0 saturated carbocycles. The number of anilines is 1. The Labute approximate surface area is 75.3 Å². The Balaban J connectivity index is 2.87. The summed E-state index contributed by atoms with van der Waals surface area (Å²) in [5, 5.41) is 16.7. The molecular formula is C7H12N4O2. The average Bonchev–Trinajstić information content (AvgIpc) is 2.43. The number of rotatable bonds is 4. The van der Waals surface area contributed by atoms with Crippen LogP contribution >= 0.6 is 0 Å². The molecule has 0 fully saturated rings. The first kappa shape index (κ1) is 9.50. The molecule has 1 rings (SSSR count). The average molecular weight is 184 g/mol. The van der Waals surface area contributed by atoms with Crippen LogP contribution in [0.3, 0.4) is 0 Å². The van der Waals surface area contributed by atoms with Gasteiger partial charge in [-0.25, -0.2) is 0 Å². The zero-order valence-corrected chi connectivity index (χ0v) is 7.41. The smallest absolute Gasteiger partial charge is 0.333 e. The summed E-state index contributed by atoms with van der Waals surface area (Å²) in [6, 6.07) is 0. The van der Waals surface area contributed by atoms with Crippen LogP contribution in [0.25, 0.3) is 0 Å². The SMILES string of the molecule is CCCCc1[nH]nc(N)c1[N+](=O)[O-]. The van der Waals surface area contributed by atoms with Gasteiger partial charge >= 0.3 is 5.69 Å². The van der Waals surface area contributed by atoms with E-state index in [-0.39, 0.29) is 11.5 Å². The lowest BCUT2D eigenvalue weighted by atomic mass is 10.2. The van der Waals surface area contributed by atoms with Gasteiger partial charge in [0.15, 0.2) is 0 Å². The van der Waals surface area contributed by atoms with E-state index in [1.165, 1.54) is 0 Å². The Kier molecular flexibility index (Phi) is 2.84. The summed E-state index contributed by atoms with van der Waals surface area (Å²) >= 11 is 0. The van der Waals surface area contributed by atoms with E-state index in [2.05, 4.69) is 10.2 Å². The number of nitrogens with one attached hydrogen (secondary N) is 1. The van der Waals surface area contributed by atoms with Crippen molar-refractivity contribution in [1.82, 2.24) is 10.2 Å². The molecule has 1 aromatic rings. The Hall–Kier alpha value is -1.59. The minimum atomic E-state index is -0.496. The lowest BCUT2D eigenvalue weighted by Gasteiger charge is -1.94. The fraction of sp³-hybridized carbons (Fsp3) is 0.571. The maximum Gasteiger partial charge on any atom is 0.333 e. The molecule has 13 heavy (non-hydrogen) atoms. The van der Waals surface area contributed by atoms with Gasteiger partial charge in [-0.2, -0.15) is 5.10 Å². The van der Waals surface area contributed by atoms with Gasteiger partial charge in [0.2, 0.25) is 5.82 Å². The van der Waals surface area contributed by atoms with Crippen molar-refractivity contribution < 1.29 is 4.92 Å². The van der Waals surface area contributed by atoms with Crippen LogP contribution in [0.2, 0.25) is 0 Å². The van der Waals surface area contributed by atoms with Crippen molar-refractivity contribution in [2.45, 2.75) is 26.2 Å². The second-order valence-electron chi connectivity index (χ2n) is 2.80. The van der Waals surface area contributed by atoms with Crippen LogP contribution in [0.5, 0.6) is 0 Å². The number of unbranched alkanes of at least 4 members (excludes halogenated alkanes) is 1. The highest BCUT2D eigenvalue weighted by Crippen LogP contribution is 2.23. The second kappa shape index (κ2) is 3.88. The number of H-pyrrole nitrogens is 1. The molecule has 0 bridgehead atoms. The maximum absolute atomic E-state index is 10.5. The van der Waals surface area contributed by atoms with E-state index in [4.69, 9.17) is 5.73 Å². The van der Waals surface area contributed by atoms with Gasteiger partial charge in [-0.1, -0.05) is 13.3 Å². The summed E-state index contributed by atoms with van der Waals surface area (Å²) in [6.45, 7) is 2.02. The van der Waals surface area contributed by atoms with Crippen molar-refractivity contribution in [3.05, 3.63) is 15.8 Å². The number of nitrogens with zero attached hydrogens (tertiary/aromatic N) is 2. The Bertz CT molecular complexity index is 307. The van der Waals surface area contributed by atoms with Crippen LogP contribution in [0.1, 0.15) is 25.5 Å². The molecular weight excluding hydrogens is 172 g/mol. The molecule has 0 saturated heterocycles. The standard InChI is InChI=1S/C7H12N4O2/c1-2-3-4-5-6(11(12)13)7(8)10-9-5/h2-4H2,1H3,(H3,8,9,10). The summed E-state index contributed by atoms with van der Waals surface area (Å²) < 4.78 is 0. The lowest BCUT2D eigenvalue weighted by molar-refractivity contribution is -0.384. The maximum atomic E-state index is 10.5. The van der Waals surface area contributed by atoms with Gasteiger partial charge in [0.1, 0.15) is 5.69 Å². The van der Waals surface area contributed by atoms with E-state index in [1.807, 2.05) is 6.92 Å². The molecule has 0 aliphatic heterocycles. The second-order valence-corrected chi connectivity index (χ2v) is 2.80. The van der Waals surface area contributed by atoms with Gasteiger partial charge < -0.3 is 5.73 Å². The topological polar surface area (TPSA) is 97.8 Å². The molecule has 6 nitrogen and oxygen atoms in total. The fourth-order valence-corrected chi connectivity index (χ4v) is 1.12. The number of aromatic nitrogens is 2. The van der Waals surface area contributed by atoms with E-state index >= 15 is 0 Å². The summed E-state index contributed by atoms with van der Waals surface area (Å²) in [7, 11) is 0. The Morgan fingerprint density at radius 2 is 2.38 bits per heavy atom. The highest BCUT2D eigenvalue weighted by Gasteiger charge is 2.20. The molecule has 0 aromatic carbocycles. The van der Waals surface area contributed by atoms with Crippen molar-refractivity contribution in [3.63, 3.8) is 0 Å². The van der Waals surface area contributed by atoms with Crippen molar-refractivity contribution in [3.8, 4) is 0 Å². The molecule has 0 radical (unpaired) electrons. The van der Waals surface area contributed by atoms with Crippen LogP contribution in [0, 0.1) is 10.1 Å². The first-order valence-electron chi connectivity index (χ1n) is 4.14. The van der Waals surface area contributed by atoms with E-state index in [1.54, 1.807) is 0 Å². The number of hydrogen-bond acceptors (Lipinski definition) is 4. The monoisotopic (exact) mass is 184 g/mol. The summed E-state index contributed by atoms with van der Waals surface area (Å²) in [6.07, 6.45) is 2.50. The number of aryl methyl sites for hydroxylation is 1. The van der Waals surface area contributed by atoms with E-state index in [0.29, 0.717) is 12.1 Å². The molecule has 0 amide bonds. The number of nitro groups is 1. The fourth-order valence-electron chi connectivity index (χ4n) is 1.12. The van der Waals surface area contributed by atoms with Gasteiger partial charge in [-0.05, 0) is 12.8 Å². The van der Waals surface area contributed by atoms with Crippen molar-refractivity contribution in [2.75, 3.05) is 5.73 Å². The van der Waals surface area contributed by atoms with Gasteiger partial charge in [0, 0.05) is 0 Å². The number of nitrogen functional groups attached to an aromatic ring is 1. The number of aromatic amines is 1. The third-order valence-corrected chi connectivity index (χ3v) is 1.80. The Morgan fingerprint density at radius 1 is 1.69 bits per heavy atom. The summed E-state index contributed by atoms with van der Waals surface area (Å²) in [4.78, 5) is 10.0. The van der Waals surface area contributed by atoms with E-state index in [9.17, 15) is 10.1 Å². The zero-order chi connectivity index (χ0) is 9.84. The molecule has 72 valence electrons. The quantitative estimate of drug-likeness (QED) is 0.543.